The van der Waals surface area contributed by atoms with Crippen molar-refractivity contribution < 1.29 is 4.79 Å². The van der Waals surface area contributed by atoms with E-state index < -0.39 is 0 Å². The number of aromatic nitrogens is 2. The Morgan fingerprint density at radius 2 is 2.31 bits per heavy atom. The van der Waals surface area contributed by atoms with Gasteiger partial charge in [-0.15, -0.1) is 0 Å². The molecule has 5 heteroatoms. The Labute approximate surface area is 102 Å². The minimum Gasteiger partial charge on any atom is -0.351 e. The van der Waals surface area contributed by atoms with Crippen LogP contribution in [0.5, 0.6) is 0 Å². The molecule has 2 heterocycles. The van der Waals surface area contributed by atoms with Crippen LogP contribution in [0.15, 0.2) is 22.9 Å². The Bertz CT molecular complexity index is 547. The molecule has 4 nitrogen and oxygen atoms in total. The highest BCUT2D eigenvalue weighted by molar-refractivity contribution is 9.10. The molecule has 84 valence electrons. The number of nitrogens with one attached hydrogen (secondary N) is 1. The van der Waals surface area contributed by atoms with Gasteiger partial charge in [-0.3, -0.25) is 4.79 Å². The summed E-state index contributed by atoms with van der Waals surface area (Å²) in [5.74, 6) is -0.0463. The molecule has 0 saturated heterocycles. The number of nitrogens with zero attached hydrogens (tertiary/aromatic N) is 2. The van der Waals surface area contributed by atoms with Gasteiger partial charge in [0.25, 0.3) is 0 Å². The molecular formula is C11H12BrN3O. The average Bonchev–Trinajstić information content (AvgIpc) is 2.57. The van der Waals surface area contributed by atoms with Crippen molar-refractivity contribution in [2.24, 2.45) is 0 Å². The first-order valence-corrected chi connectivity index (χ1v) is 5.74. The first-order chi connectivity index (χ1) is 7.56. The number of carbonyl (C=O) groups excluding carboxylic acids is 1. The number of fused-ring (bicyclic) bond motifs is 1. The van der Waals surface area contributed by atoms with E-state index in [1.807, 2.05) is 29.8 Å². The molecule has 2 rings (SSSR count). The molecule has 0 aromatic carbocycles. The minimum absolute atomic E-state index is 0.0463. The second kappa shape index (κ2) is 4.25. The van der Waals surface area contributed by atoms with Gasteiger partial charge in [0.1, 0.15) is 5.65 Å². The molecular weight excluding hydrogens is 270 g/mol. The van der Waals surface area contributed by atoms with Crippen LogP contribution >= 0.6 is 15.9 Å². The summed E-state index contributed by atoms with van der Waals surface area (Å²) in [7, 11) is 0. The number of pyridine rings is 1. The third-order valence-corrected chi connectivity index (χ3v) is 2.70. The number of aryl methyl sites for hydroxylation is 1. The van der Waals surface area contributed by atoms with Gasteiger partial charge in [0.15, 0.2) is 0 Å². The van der Waals surface area contributed by atoms with Crippen LogP contribution in [0.4, 0.5) is 0 Å². The molecule has 1 amide bonds. The van der Waals surface area contributed by atoms with Gasteiger partial charge in [0.05, 0.1) is 12.2 Å². The highest BCUT2D eigenvalue weighted by Crippen LogP contribution is 2.17. The first-order valence-electron chi connectivity index (χ1n) is 4.94. The molecule has 0 unspecified atom stereocenters. The third kappa shape index (κ3) is 2.24. The van der Waals surface area contributed by atoms with Crippen LogP contribution < -0.4 is 5.32 Å². The smallest absolute Gasteiger partial charge is 0.217 e. The molecule has 2 aromatic rings. The molecule has 2 aromatic heterocycles. The van der Waals surface area contributed by atoms with Crippen LogP contribution in [0.1, 0.15) is 18.2 Å². The topological polar surface area (TPSA) is 46.4 Å². The van der Waals surface area contributed by atoms with Gasteiger partial charge >= 0.3 is 0 Å². The van der Waals surface area contributed by atoms with Crippen molar-refractivity contribution >= 4 is 27.5 Å². The predicted octanol–water partition coefficient (Wildman–Crippen LogP) is 2.04. The fourth-order valence-corrected chi connectivity index (χ4v) is 2.14. The number of hydrogen-bond acceptors (Lipinski definition) is 2. The first kappa shape index (κ1) is 11.1. The van der Waals surface area contributed by atoms with Gasteiger partial charge in [-0.2, -0.15) is 0 Å². The second-order valence-electron chi connectivity index (χ2n) is 3.71. The van der Waals surface area contributed by atoms with Gasteiger partial charge in [0.2, 0.25) is 5.91 Å². The van der Waals surface area contributed by atoms with Crippen molar-refractivity contribution in [2.75, 3.05) is 0 Å². The third-order valence-electron chi connectivity index (χ3n) is 2.27. The van der Waals surface area contributed by atoms with E-state index in [0.29, 0.717) is 6.54 Å². The van der Waals surface area contributed by atoms with E-state index in [4.69, 9.17) is 0 Å². The number of rotatable bonds is 2. The van der Waals surface area contributed by atoms with Gasteiger partial charge in [-0.1, -0.05) is 0 Å². The van der Waals surface area contributed by atoms with Crippen molar-refractivity contribution in [3.63, 3.8) is 0 Å². The van der Waals surface area contributed by atoms with Crippen LogP contribution in [0.25, 0.3) is 5.65 Å². The molecule has 0 saturated carbocycles. The Morgan fingerprint density at radius 3 is 3.00 bits per heavy atom. The summed E-state index contributed by atoms with van der Waals surface area (Å²) in [5, 5.41) is 2.73. The van der Waals surface area contributed by atoms with Gasteiger partial charge < -0.3 is 9.72 Å². The molecule has 0 radical (unpaired) electrons. The lowest BCUT2D eigenvalue weighted by molar-refractivity contribution is -0.119. The molecule has 1 N–H and O–H groups in total. The molecule has 0 aliphatic rings. The highest BCUT2D eigenvalue weighted by Gasteiger charge is 2.05. The monoisotopic (exact) mass is 281 g/mol. The van der Waals surface area contributed by atoms with Gasteiger partial charge in [-0.05, 0) is 34.5 Å². The number of hydrogen-bond donors (Lipinski definition) is 1. The lowest BCUT2D eigenvalue weighted by Gasteiger charge is -1.97. The summed E-state index contributed by atoms with van der Waals surface area (Å²) < 4.78 is 2.97. The van der Waals surface area contributed by atoms with Crippen LogP contribution in [0.2, 0.25) is 0 Å². The lowest BCUT2D eigenvalue weighted by Crippen LogP contribution is -2.18. The zero-order chi connectivity index (χ0) is 11.7. The molecule has 0 spiro atoms. The molecule has 16 heavy (non-hydrogen) atoms. The van der Waals surface area contributed by atoms with Crippen molar-refractivity contribution in [1.82, 2.24) is 14.7 Å². The van der Waals surface area contributed by atoms with E-state index in [1.165, 1.54) is 6.92 Å². The van der Waals surface area contributed by atoms with E-state index in [9.17, 15) is 4.79 Å². The molecule has 0 aliphatic heterocycles. The zero-order valence-electron chi connectivity index (χ0n) is 9.12. The Kier molecular flexibility index (Phi) is 2.96. The Hall–Kier alpha value is -1.36. The quantitative estimate of drug-likeness (QED) is 0.916. The summed E-state index contributed by atoms with van der Waals surface area (Å²) in [6, 6.07) is 2.02. The molecule has 0 aliphatic carbocycles. The number of amides is 1. The van der Waals surface area contributed by atoms with Crippen LogP contribution in [0, 0.1) is 6.92 Å². The van der Waals surface area contributed by atoms with Crippen molar-refractivity contribution in [1.29, 1.82) is 0 Å². The summed E-state index contributed by atoms with van der Waals surface area (Å²) in [6.45, 7) is 3.97. The SMILES string of the molecule is CC(=O)NCc1cn2cc(Br)cc(C)c2n1. The van der Waals surface area contributed by atoms with E-state index in [2.05, 4.69) is 26.2 Å². The minimum atomic E-state index is -0.0463. The summed E-state index contributed by atoms with van der Waals surface area (Å²) in [4.78, 5) is 15.3. The number of halogens is 1. The highest BCUT2D eigenvalue weighted by atomic mass is 79.9. The molecule has 0 atom stereocenters. The Balaban J connectivity index is 2.36. The Morgan fingerprint density at radius 1 is 1.56 bits per heavy atom. The average molecular weight is 282 g/mol. The maximum absolute atomic E-state index is 10.8. The number of carbonyl (C=O) groups is 1. The zero-order valence-corrected chi connectivity index (χ0v) is 10.7. The maximum Gasteiger partial charge on any atom is 0.217 e. The van der Waals surface area contributed by atoms with Crippen molar-refractivity contribution in [3.8, 4) is 0 Å². The fraction of sp³-hybridized carbons (Fsp3) is 0.273. The predicted molar refractivity (Wildman–Crippen MR) is 65.1 cm³/mol. The molecule has 0 fully saturated rings. The molecule has 0 bridgehead atoms. The summed E-state index contributed by atoms with van der Waals surface area (Å²) >= 11 is 3.44. The summed E-state index contributed by atoms with van der Waals surface area (Å²) in [6.07, 6.45) is 3.87. The standard InChI is InChI=1S/C11H12BrN3O/c1-7-3-9(12)5-15-6-10(14-11(7)15)4-13-8(2)16/h3,5-6H,4H2,1-2H3,(H,13,16). The van der Waals surface area contributed by atoms with Crippen LogP contribution in [-0.2, 0) is 11.3 Å². The van der Waals surface area contributed by atoms with Crippen molar-refractivity contribution in [2.45, 2.75) is 20.4 Å². The van der Waals surface area contributed by atoms with Gasteiger partial charge in [0, 0.05) is 23.8 Å². The summed E-state index contributed by atoms with van der Waals surface area (Å²) in [5.41, 5.74) is 2.88. The number of imidazole rings is 1. The van der Waals surface area contributed by atoms with Crippen LogP contribution in [0.3, 0.4) is 0 Å². The van der Waals surface area contributed by atoms with Crippen molar-refractivity contribution in [3.05, 3.63) is 34.2 Å². The fourth-order valence-electron chi connectivity index (χ4n) is 1.58. The van der Waals surface area contributed by atoms with E-state index in [-0.39, 0.29) is 5.91 Å². The second-order valence-corrected chi connectivity index (χ2v) is 4.63. The van der Waals surface area contributed by atoms with E-state index >= 15 is 0 Å². The maximum atomic E-state index is 10.8. The van der Waals surface area contributed by atoms with Gasteiger partial charge in [-0.25, -0.2) is 4.98 Å². The van der Waals surface area contributed by atoms with E-state index in [0.717, 1.165) is 21.4 Å². The van der Waals surface area contributed by atoms with Crippen LogP contribution in [-0.4, -0.2) is 15.3 Å². The van der Waals surface area contributed by atoms with E-state index in [1.54, 1.807) is 0 Å². The largest absolute Gasteiger partial charge is 0.351 e. The normalized spacial score (nSPS) is 10.7. The lowest BCUT2D eigenvalue weighted by atomic mass is 10.3.